The molecular formula is C30H51NO9. The van der Waals surface area contributed by atoms with Gasteiger partial charge in [-0.2, -0.15) is 0 Å². The highest BCUT2D eigenvalue weighted by Gasteiger charge is 2.36. The van der Waals surface area contributed by atoms with Crippen LogP contribution in [-0.4, -0.2) is 78.0 Å². The first-order valence-corrected chi connectivity index (χ1v) is 14.0. The monoisotopic (exact) mass is 569 g/mol. The second-order valence-electron chi connectivity index (χ2n) is 10.9. The largest absolute Gasteiger partial charge is 0.507 e. The summed E-state index contributed by atoms with van der Waals surface area (Å²) in [5.74, 6) is -2.63. The molecule has 10 nitrogen and oxygen atoms in total. The number of hydrogen-bond acceptors (Lipinski definition) is 9. The zero-order valence-corrected chi connectivity index (χ0v) is 24.3. The van der Waals surface area contributed by atoms with Crippen molar-refractivity contribution in [2.75, 3.05) is 38.8 Å². The van der Waals surface area contributed by atoms with Crippen LogP contribution in [0.1, 0.15) is 89.6 Å². The zero-order valence-electron chi connectivity index (χ0n) is 24.3. The van der Waals surface area contributed by atoms with E-state index in [4.69, 9.17) is 4.74 Å². The molecule has 0 heterocycles. The smallest absolute Gasteiger partial charge is 0.306 e. The van der Waals surface area contributed by atoms with Gasteiger partial charge in [-0.25, -0.2) is 0 Å². The van der Waals surface area contributed by atoms with E-state index in [0.29, 0.717) is 30.6 Å². The van der Waals surface area contributed by atoms with Gasteiger partial charge in [0.15, 0.2) is 5.78 Å². The summed E-state index contributed by atoms with van der Waals surface area (Å²) in [6.07, 6.45) is 4.23. The molecule has 0 fully saturated rings. The van der Waals surface area contributed by atoms with Crippen LogP contribution in [-0.2, 0) is 32.0 Å². The maximum Gasteiger partial charge on any atom is 0.306 e. The van der Waals surface area contributed by atoms with E-state index in [9.17, 15) is 34.5 Å². The maximum absolute atomic E-state index is 13.4. The number of aryl methyl sites for hydroxylation is 1. The first-order valence-electron chi connectivity index (χ1n) is 14.0. The van der Waals surface area contributed by atoms with E-state index in [1.165, 1.54) is 6.92 Å². The third kappa shape index (κ3) is 9.67. The van der Waals surface area contributed by atoms with E-state index >= 15 is 0 Å². The lowest BCUT2D eigenvalue weighted by atomic mass is 9.73. The fourth-order valence-electron chi connectivity index (χ4n) is 5.55. The molecule has 1 aromatic carbocycles. The molecule has 0 radical (unpaired) electrons. The van der Waals surface area contributed by atoms with Crippen LogP contribution in [0.5, 0.6) is 5.75 Å². The van der Waals surface area contributed by atoms with Crippen LogP contribution in [0, 0.1) is 17.8 Å². The summed E-state index contributed by atoms with van der Waals surface area (Å²) in [5.41, 5.74) is 2.28. The molecule has 0 bridgehead atoms. The Morgan fingerprint density at radius 2 is 1.88 bits per heavy atom. The molecule has 1 aliphatic carbocycles. The van der Waals surface area contributed by atoms with Gasteiger partial charge in [-0.15, -0.1) is 0 Å². The van der Waals surface area contributed by atoms with Crippen LogP contribution in [0.3, 0.4) is 0 Å². The van der Waals surface area contributed by atoms with E-state index in [-0.39, 0.29) is 93.5 Å². The number of unbranched alkanes of at least 4 members (excludes halogenated alkanes) is 2. The molecule has 0 aliphatic heterocycles. The van der Waals surface area contributed by atoms with Gasteiger partial charge in [-0.1, -0.05) is 19.8 Å². The van der Waals surface area contributed by atoms with E-state index in [1.54, 1.807) is 0 Å². The van der Waals surface area contributed by atoms with Crippen molar-refractivity contribution in [3.05, 3.63) is 22.8 Å². The number of phenolic OH excluding ortho intramolecular Hbond substituents is 1. The number of carbonyl (C=O) groups is 4. The standard InChI is InChI=1S/C30H45NO8.H2O.2H2/c1-5-6-7-12-39-28(37)9-8-22-17-25(31(3)4)23-15-20(16-27(36)29(23)30(22)38)14-21(10-11-32)24(18-33)26(35)13-19(2)34;;;/h17,20-21,24,32-33,38H,5-16,18H2,1-4H3;1H2;2*1H. The molecule has 2 rings (SSSR count). The normalized spacial score (nSPS) is 15.9. The number of aromatic hydroxyl groups is 1. The molecule has 5 N–H and O–H groups in total. The van der Waals surface area contributed by atoms with Crippen molar-refractivity contribution < 1.29 is 47.6 Å². The number of nitrogens with zero attached hydrogens (tertiary/aromatic N) is 1. The van der Waals surface area contributed by atoms with E-state index in [1.807, 2.05) is 25.1 Å². The van der Waals surface area contributed by atoms with Crippen LogP contribution >= 0.6 is 0 Å². The second kappa shape index (κ2) is 17.1. The number of carbonyl (C=O) groups excluding carboxylic acids is 4. The number of esters is 1. The van der Waals surface area contributed by atoms with E-state index in [2.05, 4.69) is 6.92 Å². The summed E-state index contributed by atoms with van der Waals surface area (Å²) in [4.78, 5) is 51.5. The minimum absolute atomic E-state index is 0. The third-order valence-corrected chi connectivity index (χ3v) is 7.54. The molecular weight excluding hydrogens is 518 g/mol. The highest BCUT2D eigenvalue weighted by Crippen LogP contribution is 2.42. The van der Waals surface area contributed by atoms with Crippen LogP contribution in [0.4, 0.5) is 5.69 Å². The van der Waals surface area contributed by atoms with Crippen LogP contribution < -0.4 is 4.90 Å². The Balaban J connectivity index is 0. The number of phenols is 1. The molecule has 0 amide bonds. The van der Waals surface area contributed by atoms with Crippen molar-refractivity contribution in [2.24, 2.45) is 17.8 Å². The number of ether oxygens (including phenoxy) is 1. The predicted octanol–water partition coefficient (Wildman–Crippen LogP) is 3.08. The zero-order chi connectivity index (χ0) is 29.1. The number of aliphatic hydroxyl groups excluding tert-OH is 2. The number of rotatable bonds is 17. The van der Waals surface area contributed by atoms with E-state index < -0.39 is 12.5 Å². The molecule has 1 aromatic rings. The van der Waals surface area contributed by atoms with Crippen molar-refractivity contribution in [3.8, 4) is 5.75 Å². The Bertz CT molecular complexity index is 1030. The molecule has 3 atom stereocenters. The van der Waals surface area contributed by atoms with Crippen LogP contribution in [0.2, 0.25) is 0 Å². The number of aliphatic hydroxyl groups is 2. The molecule has 10 heteroatoms. The minimum Gasteiger partial charge on any atom is -0.507 e. The first-order chi connectivity index (χ1) is 18.5. The summed E-state index contributed by atoms with van der Waals surface area (Å²) < 4.78 is 5.28. The van der Waals surface area contributed by atoms with Crippen molar-refractivity contribution in [2.45, 2.75) is 78.1 Å². The average molecular weight is 570 g/mol. The number of fused-ring (bicyclic) bond motifs is 1. The molecule has 0 spiro atoms. The summed E-state index contributed by atoms with van der Waals surface area (Å²) in [6.45, 7) is 3.16. The summed E-state index contributed by atoms with van der Waals surface area (Å²) in [6, 6.07) is 1.81. The lowest BCUT2D eigenvalue weighted by Gasteiger charge is -2.33. The summed E-state index contributed by atoms with van der Waals surface area (Å²) in [5, 5.41) is 30.6. The second-order valence-corrected chi connectivity index (χ2v) is 10.9. The van der Waals surface area contributed by atoms with Crippen molar-refractivity contribution in [3.63, 3.8) is 0 Å². The van der Waals surface area contributed by atoms with E-state index in [0.717, 1.165) is 24.9 Å². The Hall–Kier alpha value is -2.82. The van der Waals surface area contributed by atoms with Gasteiger partial charge in [0.2, 0.25) is 0 Å². The number of anilines is 1. The Labute approximate surface area is 240 Å². The lowest BCUT2D eigenvalue weighted by molar-refractivity contribution is -0.143. The Morgan fingerprint density at radius 3 is 2.45 bits per heavy atom. The molecule has 230 valence electrons. The Morgan fingerprint density at radius 1 is 1.18 bits per heavy atom. The van der Waals surface area contributed by atoms with Crippen molar-refractivity contribution in [1.29, 1.82) is 0 Å². The molecule has 0 aromatic heterocycles. The number of Topliss-reactive ketones (excluding diaryl/α,β-unsaturated/α-hetero) is 3. The van der Waals surface area contributed by atoms with Gasteiger partial charge < -0.3 is 30.4 Å². The number of benzene rings is 1. The van der Waals surface area contributed by atoms with Crippen molar-refractivity contribution in [1.82, 2.24) is 0 Å². The fraction of sp³-hybridized carbons (Fsp3) is 0.667. The number of ketones is 3. The summed E-state index contributed by atoms with van der Waals surface area (Å²) in [7, 11) is 3.70. The molecule has 40 heavy (non-hydrogen) atoms. The van der Waals surface area contributed by atoms with Gasteiger partial charge in [0, 0.05) is 48.0 Å². The van der Waals surface area contributed by atoms with Gasteiger partial charge in [0.1, 0.15) is 17.3 Å². The predicted molar refractivity (Wildman–Crippen MR) is 156 cm³/mol. The average Bonchev–Trinajstić information content (AvgIpc) is 2.86. The molecule has 3 unspecified atom stereocenters. The van der Waals surface area contributed by atoms with Gasteiger partial charge >= 0.3 is 5.97 Å². The summed E-state index contributed by atoms with van der Waals surface area (Å²) >= 11 is 0. The van der Waals surface area contributed by atoms with Crippen LogP contribution in [0.25, 0.3) is 0 Å². The molecule has 0 saturated carbocycles. The molecule has 0 saturated heterocycles. The highest BCUT2D eigenvalue weighted by atomic mass is 16.5. The first kappa shape index (κ1) is 35.2. The van der Waals surface area contributed by atoms with Crippen LogP contribution in [0.15, 0.2) is 6.07 Å². The molecule has 1 aliphatic rings. The third-order valence-electron chi connectivity index (χ3n) is 7.54. The van der Waals surface area contributed by atoms with Gasteiger partial charge in [0.05, 0.1) is 25.2 Å². The fourth-order valence-corrected chi connectivity index (χ4v) is 5.55. The topological polar surface area (TPSA) is 173 Å². The van der Waals surface area contributed by atoms with Gasteiger partial charge in [-0.3, -0.25) is 19.2 Å². The lowest BCUT2D eigenvalue weighted by Crippen LogP contribution is -2.33. The quantitative estimate of drug-likeness (QED) is 0.145. The number of hydrogen-bond donors (Lipinski definition) is 3. The minimum atomic E-state index is -0.789. The van der Waals surface area contributed by atoms with Crippen molar-refractivity contribution >= 4 is 29.0 Å². The SMILES string of the molecule is CCCCCOC(=O)CCc1cc(N(C)C)c2c(c1O)C(=O)CC(CC(CCO)C(CO)C(=O)CC(C)=O)C2.O.[HH].[HH]. The Kier molecular flexibility index (Phi) is 15.0. The highest BCUT2D eigenvalue weighted by molar-refractivity contribution is 6.03. The van der Waals surface area contributed by atoms with Gasteiger partial charge in [-0.05, 0) is 68.1 Å². The maximum atomic E-state index is 13.4. The van der Waals surface area contributed by atoms with Gasteiger partial charge in [0.25, 0.3) is 0 Å².